The average Bonchev–Trinajstić information content (AvgIpc) is 3.03. The molecule has 1 N–H and O–H groups in total. The Morgan fingerprint density at radius 3 is 2.65 bits per heavy atom. The Labute approximate surface area is 183 Å². The summed E-state index contributed by atoms with van der Waals surface area (Å²) in [6, 6.07) is 9.67. The lowest BCUT2D eigenvalue weighted by Crippen LogP contribution is -2.50. The average molecular weight is 427 g/mol. The van der Waals surface area contributed by atoms with Crippen molar-refractivity contribution in [1.82, 2.24) is 15.1 Å². The van der Waals surface area contributed by atoms with Gasteiger partial charge in [-0.25, -0.2) is 4.68 Å². The van der Waals surface area contributed by atoms with E-state index in [-0.39, 0.29) is 12.3 Å². The molecule has 1 amide bonds. The Kier molecular flexibility index (Phi) is 7.81. The van der Waals surface area contributed by atoms with Crippen LogP contribution in [-0.4, -0.2) is 40.9 Å². The third kappa shape index (κ3) is 5.85. The summed E-state index contributed by atoms with van der Waals surface area (Å²) in [5.74, 6) is -0.321. The highest BCUT2D eigenvalue weighted by Gasteiger charge is 2.30. The van der Waals surface area contributed by atoms with Gasteiger partial charge in [-0.3, -0.25) is 9.59 Å². The number of methoxy groups -OCH3 is 1. The van der Waals surface area contributed by atoms with E-state index in [1.165, 1.54) is 0 Å². The number of hydrogen-bond acceptors (Lipinski definition) is 6. The van der Waals surface area contributed by atoms with E-state index in [1.54, 1.807) is 14.0 Å². The predicted molar refractivity (Wildman–Crippen MR) is 116 cm³/mol. The van der Waals surface area contributed by atoms with Crippen molar-refractivity contribution in [3.63, 3.8) is 0 Å². The molecule has 8 heteroatoms. The Morgan fingerprint density at radius 1 is 1.32 bits per heavy atom. The summed E-state index contributed by atoms with van der Waals surface area (Å²) in [6.07, 6.45) is 0.572. The van der Waals surface area contributed by atoms with Crippen molar-refractivity contribution in [3.05, 3.63) is 41.2 Å². The van der Waals surface area contributed by atoms with Gasteiger partial charge in [0.05, 0.1) is 24.6 Å². The molecule has 0 aliphatic rings. The number of ether oxygens (including phenoxy) is 2. The first-order valence-electron chi connectivity index (χ1n) is 10.2. The Balaban J connectivity index is 1.96. The van der Waals surface area contributed by atoms with Gasteiger partial charge in [-0.1, -0.05) is 19.9 Å². The van der Waals surface area contributed by atoms with Crippen LogP contribution in [0.2, 0.25) is 0 Å². The lowest BCUT2D eigenvalue weighted by atomic mass is 9.90. The van der Waals surface area contributed by atoms with E-state index in [1.807, 2.05) is 56.6 Å². The first-order chi connectivity index (χ1) is 14.6. The van der Waals surface area contributed by atoms with Crippen molar-refractivity contribution in [2.75, 3.05) is 13.7 Å². The van der Waals surface area contributed by atoms with E-state index in [9.17, 15) is 14.9 Å². The molecule has 1 atom stereocenters. The largest absolute Gasteiger partial charge is 0.497 e. The van der Waals surface area contributed by atoms with Gasteiger partial charge in [-0.15, -0.1) is 0 Å². The third-order valence-corrected chi connectivity index (χ3v) is 5.47. The van der Waals surface area contributed by atoms with Crippen LogP contribution in [0.1, 0.15) is 44.1 Å². The molecule has 2 rings (SSSR count). The molecule has 0 spiro atoms. The highest BCUT2D eigenvalue weighted by molar-refractivity contribution is 5.81. The van der Waals surface area contributed by atoms with Gasteiger partial charge in [0.1, 0.15) is 11.3 Å². The number of carbonyl (C=O) groups is 2. The van der Waals surface area contributed by atoms with Crippen LogP contribution >= 0.6 is 0 Å². The minimum absolute atomic E-state index is 0.0794. The molecule has 31 heavy (non-hydrogen) atoms. The van der Waals surface area contributed by atoms with Gasteiger partial charge in [0, 0.05) is 18.2 Å². The monoisotopic (exact) mass is 426 g/mol. The summed E-state index contributed by atoms with van der Waals surface area (Å²) in [4.78, 5) is 24.2. The molecule has 1 heterocycles. The Hall–Kier alpha value is -3.34. The summed E-state index contributed by atoms with van der Waals surface area (Å²) >= 11 is 0. The summed E-state index contributed by atoms with van der Waals surface area (Å²) < 4.78 is 12.2. The number of rotatable bonds is 9. The smallest absolute Gasteiger partial charge is 0.306 e. The quantitative estimate of drug-likeness (QED) is 0.618. The summed E-state index contributed by atoms with van der Waals surface area (Å²) in [6.45, 7) is 8.75. The van der Waals surface area contributed by atoms with Gasteiger partial charge in [0.15, 0.2) is 6.61 Å². The SMILES string of the molecule is COc1cccc(-n2nc(C)c(CCC(=O)OCC(=O)N[C@](C)(C#N)C(C)C)c2C)c1. The number of carbonyl (C=O) groups excluding carboxylic acids is 2. The fourth-order valence-corrected chi connectivity index (χ4v) is 3.10. The number of amides is 1. The zero-order valence-corrected chi connectivity index (χ0v) is 19.0. The summed E-state index contributed by atoms with van der Waals surface area (Å²) in [5, 5.41) is 16.5. The molecule has 0 saturated heterocycles. The van der Waals surface area contributed by atoms with Crippen molar-refractivity contribution in [1.29, 1.82) is 5.26 Å². The van der Waals surface area contributed by atoms with Crippen LogP contribution < -0.4 is 10.1 Å². The van der Waals surface area contributed by atoms with E-state index in [0.29, 0.717) is 6.42 Å². The number of nitriles is 1. The van der Waals surface area contributed by atoms with E-state index >= 15 is 0 Å². The van der Waals surface area contributed by atoms with Crippen LogP contribution in [0, 0.1) is 31.1 Å². The third-order valence-electron chi connectivity index (χ3n) is 5.47. The van der Waals surface area contributed by atoms with Crippen LogP contribution in [0.15, 0.2) is 24.3 Å². The number of aromatic nitrogens is 2. The van der Waals surface area contributed by atoms with Gasteiger partial charge in [-0.05, 0) is 50.8 Å². The minimum atomic E-state index is -1.01. The predicted octanol–water partition coefficient (Wildman–Crippen LogP) is 3.03. The van der Waals surface area contributed by atoms with Crippen molar-refractivity contribution in [2.24, 2.45) is 5.92 Å². The van der Waals surface area contributed by atoms with Crippen LogP contribution in [0.5, 0.6) is 5.75 Å². The minimum Gasteiger partial charge on any atom is -0.497 e. The fraction of sp³-hybridized carbons (Fsp3) is 0.478. The van der Waals surface area contributed by atoms with Crippen molar-refractivity contribution >= 4 is 11.9 Å². The van der Waals surface area contributed by atoms with Gasteiger partial charge >= 0.3 is 5.97 Å². The van der Waals surface area contributed by atoms with Gasteiger partial charge in [0.2, 0.25) is 0 Å². The Bertz CT molecular complexity index is 990. The molecular weight excluding hydrogens is 396 g/mol. The highest BCUT2D eigenvalue weighted by atomic mass is 16.5. The van der Waals surface area contributed by atoms with E-state index in [2.05, 4.69) is 16.5 Å². The second kappa shape index (κ2) is 10.1. The molecule has 8 nitrogen and oxygen atoms in total. The van der Waals surface area contributed by atoms with Gasteiger partial charge < -0.3 is 14.8 Å². The number of nitrogens with one attached hydrogen (secondary N) is 1. The number of esters is 1. The van der Waals surface area contributed by atoms with Crippen LogP contribution in [0.4, 0.5) is 0 Å². The first kappa shape index (κ1) is 23.9. The number of nitrogens with zero attached hydrogens (tertiary/aromatic N) is 3. The first-order valence-corrected chi connectivity index (χ1v) is 10.2. The summed E-state index contributed by atoms with van der Waals surface area (Å²) in [5.41, 5.74) is 2.58. The number of hydrogen-bond donors (Lipinski definition) is 1. The topological polar surface area (TPSA) is 106 Å². The van der Waals surface area contributed by atoms with E-state index < -0.39 is 24.0 Å². The molecule has 0 saturated carbocycles. The van der Waals surface area contributed by atoms with Crippen LogP contribution in [0.3, 0.4) is 0 Å². The van der Waals surface area contributed by atoms with Crippen molar-refractivity contribution in [3.8, 4) is 17.5 Å². The van der Waals surface area contributed by atoms with Crippen LogP contribution in [0.25, 0.3) is 5.69 Å². The Morgan fingerprint density at radius 2 is 2.03 bits per heavy atom. The number of aryl methyl sites for hydroxylation is 1. The zero-order valence-electron chi connectivity index (χ0n) is 19.0. The number of benzene rings is 1. The molecule has 1 aromatic heterocycles. The lowest BCUT2D eigenvalue weighted by molar-refractivity contribution is -0.149. The second-order valence-corrected chi connectivity index (χ2v) is 7.94. The van der Waals surface area contributed by atoms with Crippen LogP contribution in [-0.2, 0) is 20.7 Å². The zero-order chi connectivity index (χ0) is 23.2. The maximum Gasteiger partial charge on any atom is 0.306 e. The van der Waals surface area contributed by atoms with E-state index in [4.69, 9.17) is 9.47 Å². The molecule has 1 aromatic carbocycles. The molecular formula is C23H30N4O4. The maximum atomic E-state index is 12.2. The second-order valence-electron chi connectivity index (χ2n) is 7.94. The maximum absolute atomic E-state index is 12.2. The molecule has 0 bridgehead atoms. The highest BCUT2D eigenvalue weighted by Crippen LogP contribution is 2.22. The van der Waals surface area contributed by atoms with Gasteiger partial charge in [0.25, 0.3) is 5.91 Å². The molecule has 0 aliphatic heterocycles. The molecule has 0 aliphatic carbocycles. The molecule has 0 fully saturated rings. The standard InChI is InChI=1S/C23H30N4O4/c1-15(2)23(5,14-24)25-21(28)13-31-22(29)11-10-20-16(3)26-27(17(20)4)18-8-7-9-19(12-18)30-6/h7-9,12,15H,10-11,13H2,1-6H3,(H,25,28)/t23-/m1/s1. The summed E-state index contributed by atoms with van der Waals surface area (Å²) in [7, 11) is 1.61. The molecule has 0 unspecified atom stereocenters. The molecule has 166 valence electrons. The molecule has 0 radical (unpaired) electrons. The van der Waals surface area contributed by atoms with Crippen molar-refractivity contribution in [2.45, 2.75) is 53.0 Å². The van der Waals surface area contributed by atoms with E-state index in [0.717, 1.165) is 28.4 Å². The lowest BCUT2D eigenvalue weighted by Gasteiger charge is -2.27. The molecule has 2 aromatic rings. The normalized spacial score (nSPS) is 12.7. The fourth-order valence-electron chi connectivity index (χ4n) is 3.10. The van der Waals surface area contributed by atoms with Crippen molar-refractivity contribution < 1.29 is 19.1 Å². The van der Waals surface area contributed by atoms with Gasteiger partial charge in [-0.2, -0.15) is 10.4 Å².